The number of pyridine rings is 2. The summed E-state index contributed by atoms with van der Waals surface area (Å²) in [5.41, 5.74) is 1.99. The Hall–Kier alpha value is -2.10. The summed E-state index contributed by atoms with van der Waals surface area (Å²) >= 11 is 0. The van der Waals surface area contributed by atoms with Crippen LogP contribution in [0.3, 0.4) is 0 Å². The monoisotopic (exact) mass is 229 g/mol. The first kappa shape index (κ1) is 11.4. The molecule has 0 radical (unpaired) electrons. The van der Waals surface area contributed by atoms with Gasteiger partial charge in [0, 0.05) is 31.1 Å². The molecule has 4 heteroatoms. The van der Waals surface area contributed by atoms with Crippen molar-refractivity contribution in [2.24, 2.45) is 0 Å². The van der Waals surface area contributed by atoms with Gasteiger partial charge >= 0.3 is 0 Å². The molecule has 2 heterocycles. The maximum atomic E-state index is 11.8. The van der Waals surface area contributed by atoms with Gasteiger partial charge in [-0.05, 0) is 24.6 Å². The first-order valence-corrected chi connectivity index (χ1v) is 5.49. The van der Waals surface area contributed by atoms with E-state index in [-0.39, 0.29) is 5.56 Å². The molecule has 0 bridgehead atoms. The second kappa shape index (κ2) is 4.82. The van der Waals surface area contributed by atoms with E-state index in [0.29, 0.717) is 6.54 Å². The minimum atomic E-state index is 0.0101. The van der Waals surface area contributed by atoms with E-state index in [2.05, 4.69) is 10.3 Å². The Bertz CT molecular complexity index is 575. The number of nitrogens with zero attached hydrogens (tertiary/aromatic N) is 2. The van der Waals surface area contributed by atoms with E-state index in [9.17, 15) is 4.79 Å². The lowest BCUT2D eigenvalue weighted by atomic mass is 10.2. The zero-order valence-electron chi connectivity index (χ0n) is 9.97. The molecule has 0 atom stereocenters. The number of anilines is 1. The van der Waals surface area contributed by atoms with Crippen LogP contribution in [-0.2, 0) is 6.54 Å². The van der Waals surface area contributed by atoms with Crippen LogP contribution in [0.1, 0.15) is 11.1 Å². The Balaban J connectivity index is 2.35. The Morgan fingerprint density at radius 3 is 2.94 bits per heavy atom. The first-order chi connectivity index (χ1) is 8.20. The van der Waals surface area contributed by atoms with E-state index >= 15 is 0 Å². The van der Waals surface area contributed by atoms with Gasteiger partial charge in [-0.25, -0.2) is 4.98 Å². The van der Waals surface area contributed by atoms with Crippen molar-refractivity contribution < 1.29 is 0 Å². The van der Waals surface area contributed by atoms with Gasteiger partial charge in [0.1, 0.15) is 5.82 Å². The standard InChI is InChI=1S/C13H15N3O/c1-10-5-7-16(12(17)8-10)9-11-4-3-6-15-13(11)14-2/h3-8H,9H2,1-2H3,(H,14,15). The Labute approximate surface area is 99.9 Å². The van der Waals surface area contributed by atoms with Crippen molar-refractivity contribution in [1.29, 1.82) is 0 Å². The molecule has 0 unspecified atom stereocenters. The molecule has 0 aromatic carbocycles. The third kappa shape index (κ3) is 2.53. The maximum absolute atomic E-state index is 11.8. The molecule has 1 N–H and O–H groups in total. The van der Waals surface area contributed by atoms with Crippen LogP contribution in [0.5, 0.6) is 0 Å². The lowest BCUT2D eigenvalue weighted by Crippen LogP contribution is -2.19. The second-order valence-corrected chi connectivity index (χ2v) is 3.93. The number of hydrogen-bond donors (Lipinski definition) is 1. The molecule has 0 saturated heterocycles. The van der Waals surface area contributed by atoms with Crippen LogP contribution in [0.2, 0.25) is 0 Å². The molecule has 0 amide bonds. The largest absolute Gasteiger partial charge is 0.373 e. The van der Waals surface area contributed by atoms with Crippen LogP contribution < -0.4 is 10.9 Å². The smallest absolute Gasteiger partial charge is 0.251 e. The molecule has 0 fully saturated rings. The van der Waals surface area contributed by atoms with E-state index in [1.165, 1.54) is 0 Å². The fourth-order valence-electron chi connectivity index (χ4n) is 1.71. The van der Waals surface area contributed by atoms with Crippen LogP contribution in [0.25, 0.3) is 0 Å². The summed E-state index contributed by atoms with van der Waals surface area (Å²) in [5.74, 6) is 0.806. The van der Waals surface area contributed by atoms with Crippen molar-refractivity contribution in [3.8, 4) is 0 Å². The zero-order chi connectivity index (χ0) is 12.3. The van der Waals surface area contributed by atoms with Crippen molar-refractivity contribution in [2.75, 3.05) is 12.4 Å². The summed E-state index contributed by atoms with van der Waals surface area (Å²) in [4.78, 5) is 16.0. The van der Waals surface area contributed by atoms with Gasteiger partial charge in [0.2, 0.25) is 0 Å². The number of aromatic nitrogens is 2. The maximum Gasteiger partial charge on any atom is 0.251 e. The Morgan fingerprint density at radius 1 is 1.41 bits per heavy atom. The van der Waals surface area contributed by atoms with Crippen molar-refractivity contribution in [2.45, 2.75) is 13.5 Å². The quantitative estimate of drug-likeness (QED) is 0.870. The van der Waals surface area contributed by atoms with Gasteiger partial charge < -0.3 is 9.88 Å². The van der Waals surface area contributed by atoms with Gasteiger partial charge in [-0.1, -0.05) is 6.07 Å². The van der Waals surface area contributed by atoms with E-state index in [0.717, 1.165) is 16.9 Å². The SMILES string of the molecule is CNc1ncccc1Cn1ccc(C)cc1=O. The lowest BCUT2D eigenvalue weighted by molar-refractivity contribution is 0.755. The molecule has 0 spiro atoms. The lowest BCUT2D eigenvalue weighted by Gasteiger charge is -2.09. The predicted octanol–water partition coefficient (Wildman–Crippen LogP) is 1.64. The molecule has 17 heavy (non-hydrogen) atoms. The van der Waals surface area contributed by atoms with Crippen molar-refractivity contribution in [3.63, 3.8) is 0 Å². The summed E-state index contributed by atoms with van der Waals surface area (Å²) in [6.45, 7) is 2.44. The highest BCUT2D eigenvalue weighted by atomic mass is 16.1. The van der Waals surface area contributed by atoms with Crippen molar-refractivity contribution in [3.05, 3.63) is 58.1 Å². The normalized spacial score (nSPS) is 10.2. The molecule has 2 aromatic heterocycles. The third-order valence-electron chi connectivity index (χ3n) is 2.62. The predicted molar refractivity (Wildman–Crippen MR) is 68.3 cm³/mol. The van der Waals surface area contributed by atoms with Crippen LogP contribution in [0.4, 0.5) is 5.82 Å². The summed E-state index contributed by atoms with van der Waals surface area (Å²) in [5, 5.41) is 3.02. The summed E-state index contributed by atoms with van der Waals surface area (Å²) < 4.78 is 1.67. The molecule has 0 aliphatic heterocycles. The first-order valence-electron chi connectivity index (χ1n) is 5.49. The highest BCUT2D eigenvalue weighted by molar-refractivity contribution is 5.43. The minimum absolute atomic E-state index is 0.0101. The van der Waals surface area contributed by atoms with Gasteiger partial charge in [0.15, 0.2) is 0 Å². The molecular formula is C13H15N3O. The van der Waals surface area contributed by atoms with Crippen molar-refractivity contribution >= 4 is 5.82 Å². The molecule has 0 saturated carbocycles. The fourth-order valence-corrected chi connectivity index (χ4v) is 1.71. The Kier molecular flexibility index (Phi) is 3.23. The summed E-state index contributed by atoms with van der Waals surface area (Å²) in [6.07, 6.45) is 3.54. The second-order valence-electron chi connectivity index (χ2n) is 3.93. The van der Waals surface area contributed by atoms with Crippen molar-refractivity contribution in [1.82, 2.24) is 9.55 Å². The van der Waals surface area contributed by atoms with Crippen LogP contribution >= 0.6 is 0 Å². The molecule has 2 rings (SSSR count). The van der Waals surface area contributed by atoms with E-state index in [1.54, 1.807) is 16.8 Å². The molecule has 4 nitrogen and oxygen atoms in total. The van der Waals surface area contributed by atoms with E-state index in [4.69, 9.17) is 0 Å². The minimum Gasteiger partial charge on any atom is -0.373 e. The molecule has 0 aliphatic carbocycles. The summed E-state index contributed by atoms with van der Waals surface area (Å²) in [6, 6.07) is 7.40. The third-order valence-corrected chi connectivity index (χ3v) is 2.62. The van der Waals surface area contributed by atoms with Gasteiger partial charge in [-0.2, -0.15) is 0 Å². The Morgan fingerprint density at radius 2 is 2.24 bits per heavy atom. The number of nitrogens with one attached hydrogen (secondary N) is 1. The average Bonchev–Trinajstić information content (AvgIpc) is 2.33. The number of rotatable bonds is 3. The van der Waals surface area contributed by atoms with Gasteiger partial charge in [0.05, 0.1) is 6.54 Å². The van der Waals surface area contributed by atoms with Crippen LogP contribution in [0, 0.1) is 6.92 Å². The highest BCUT2D eigenvalue weighted by Gasteiger charge is 2.03. The van der Waals surface area contributed by atoms with Crippen LogP contribution in [-0.4, -0.2) is 16.6 Å². The van der Waals surface area contributed by atoms with Gasteiger partial charge in [-0.15, -0.1) is 0 Å². The van der Waals surface area contributed by atoms with Gasteiger partial charge in [-0.3, -0.25) is 4.79 Å². The molecule has 0 aliphatic rings. The highest BCUT2D eigenvalue weighted by Crippen LogP contribution is 2.11. The average molecular weight is 229 g/mol. The zero-order valence-corrected chi connectivity index (χ0v) is 9.97. The summed E-state index contributed by atoms with van der Waals surface area (Å²) in [7, 11) is 1.82. The number of hydrogen-bond acceptors (Lipinski definition) is 3. The molecule has 88 valence electrons. The van der Waals surface area contributed by atoms with E-state index < -0.39 is 0 Å². The molecular weight excluding hydrogens is 214 g/mol. The van der Waals surface area contributed by atoms with Crippen LogP contribution in [0.15, 0.2) is 41.5 Å². The van der Waals surface area contributed by atoms with E-state index in [1.807, 2.05) is 38.4 Å². The fraction of sp³-hybridized carbons (Fsp3) is 0.231. The molecule has 2 aromatic rings. The number of aryl methyl sites for hydroxylation is 1. The topological polar surface area (TPSA) is 46.9 Å². The van der Waals surface area contributed by atoms with Gasteiger partial charge in [0.25, 0.3) is 5.56 Å².